The Morgan fingerprint density at radius 1 is 1.40 bits per heavy atom. The number of rotatable bonds is 5. The quantitative estimate of drug-likeness (QED) is 0.819. The molecule has 0 aliphatic carbocycles. The molecule has 20 heavy (non-hydrogen) atoms. The molecular formula is C15H30N2O2S. The van der Waals surface area contributed by atoms with Crippen LogP contribution in [0.25, 0.3) is 0 Å². The third kappa shape index (κ3) is 6.84. The van der Waals surface area contributed by atoms with E-state index in [1.165, 1.54) is 12.2 Å². The van der Waals surface area contributed by atoms with Crippen molar-refractivity contribution in [3.8, 4) is 0 Å². The fourth-order valence-corrected chi connectivity index (χ4v) is 3.35. The molecule has 1 fully saturated rings. The molecule has 1 saturated heterocycles. The lowest BCUT2D eigenvalue weighted by Crippen LogP contribution is -2.49. The van der Waals surface area contributed by atoms with Crippen molar-refractivity contribution in [2.75, 3.05) is 12.3 Å². The van der Waals surface area contributed by atoms with Crippen molar-refractivity contribution >= 4 is 17.9 Å². The van der Waals surface area contributed by atoms with Crippen molar-refractivity contribution in [3.63, 3.8) is 0 Å². The Bertz CT molecular complexity index is 315. The molecular weight excluding hydrogens is 272 g/mol. The second-order valence-electron chi connectivity index (χ2n) is 6.98. The predicted molar refractivity (Wildman–Crippen MR) is 86.3 cm³/mol. The van der Waals surface area contributed by atoms with Crippen LogP contribution in [-0.2, 0) is 4.74 Å². The first-order chi connectivity index (χ1) is 9.17. The van der Waals surface area contributed by atoms with Gasteiger partial charge in [-0.05, 0) is 33.1 Å². The van der Waals surface area contributed by atoms with E-state index in [0.29, 0.717) is 12.0 Å². The van der Waals surface area contributed by atoms with Gasteiger partial charge in [0.1, 0.15) is 5.60 Å². The van der Waals surface area contributed by atoms with Crippen molar-refractivity contribution in [2.45, 2.75) is 70.9 Å². The van der Waals surface area contributed by atoms with Crippen LogP contribution in [-0.4, -0.2) is 41.3 Å². The Balaban J connectivity index is 2.38. The smallest absolute Gasteiger partial charge is 0.407 e. The van der Waals surface area contributed by atoms with E-state index < -0.39 is 5.60 Å². The number of nitrogens with one attached hydrogen (secondary N) is 2. The number of thioether (sulfide) groups is 1. The number of hydrogen-bond acceptors (Lipinski definition) is 4. The molecule has 2 N–H and O–H groups in total. The zero-order valence-electron chi connectivity index (χ0n) is 13.7. The Labute approximate surface area is 127 Å². The maximum absolute atomic E-state index is 11.9. The van der Waals surface area contributed by atoms with Crippen LogP contribution in [0.1, 0.15) is 48.0 Å². The summed E-state index contributed by atoms with van der Waals surface area (Å²) >= 11 is 2.01. The minimum atomic E-state index is -0.448. The zero-order valence-corrected chi connectivity index (χ0v) is 14.5. The minimum Gasteiger partial charge on any atom is -0.444 e. The van der Waals surface area contributed by atoms with E-state index in [1.807, 2.05) is 32.5 Å². The summed E-state index contributed by atoms with van der Waals surface area (Å²) in [5, 5.41) is 7.29. The van der Waals surface area contributed by atoms with Gasteiger partial charge in [-0.2, -0.15) is 11.8 Å². The molecule has 0 aromatic rings. The summed E-state index contributed by atoms with van der Waals surface area (Å²) in [6, 6.07) is 0.669. The van der Waals surface area contributed by atoms with E-state index in [1.54, 1.807) is 0 Å². The van der Waals surface area contributed by atoms with Crippen LogP contribution in [0.2, 0.25) is 0 Å². The summed E-state index contributed by atoms with van der Waals surface area (Å²) in [5.74, 6) is 1.54. The Morgan fingerprint density at radius 3 is 2.50 bits per heavy atom. The normalized spacial score (nSPS) is 24.8. The highest BCUT2D eigenvalue weighted by Crippen LogP contribution is 2.25. The van der Waals surface area contributed by atoms with Crippen molar-refractivity contribution in [1.82, 2.24) is 10.6 Å². The van der Waals surface area contributed by atoms with Gasteiger partial charge in [0, 0.05) is 29.6 Å². The van der Waals surface area contributed by atoms with Gasteiger partial charge in [-0.1, -0.05) is 20.8 Å². The van der Waals surface area contributed by atoms with Crippen molar-refractivity contribution < 1.29 is 9.53 Å². The molecule has 1 rings (SSSR count). The van der Waals surface area contributed by atoms with Crippen LogP contribution in [0.3, 0.4) is 0 Å². The zero-order chi connectivity index (χ0) is 15.3. The topological polar surface area (TPSA) is 50.4 Å². The fourth-order valence-electron chi connectivity index (χ4n) is 2.17. The fraction of sp³-hybridized carbons (Fsp3) is 0.933. The summed E-state index contributed by atoms with van der Waals surface area (Å²) < 4.78 is 5.33. The average molecular weight is 302 g/mol. The number of carbonyl (C=O) groups is 1. The molecule has 1 heterocycles. The van der Waals surface area contributed by atoms with Gasteiger partial charge in [-0.3, -0.25) is 0 Å². The van der Waals surface area contributed by atoms with Crippen LogP contribution in [0.15, 0.2) is 0 Å². The molecule has 1 aliphatic heterocycles. The molecule has 0 saturated carbocycles. The van der Waals surface area contributed by atoms with Crippen molar-refractivity contribution in [2.24, 2.45) is 5.92 Å². The second-order valence-corrected chi connectivity index (χ2v) is 8.45. The van der Waals surface area contributed by atoms with Gasteiger partial charge in [0.05, 0.1) is 0 Å². The molecule has 3 atom stereocenters. The molecule has 1 aliphatic rings. The largest absolute Gasteiger partial charge is 0.444 e. The van der Waals surface area contributed by atoms with Gasteiger partial charge in [0.25, 0.3) is 0 Å². The van der Waals surface area contributed by atoms with Crippen LogP contribution < -0.4 is 10.6 Å². The second kappa shape index (κ2) is 7.55. The molecule has 4 nitrogen and oxygen atoms in total. The van der Waals surface area contributed by atoms with Gasteiger partial charge >= 0.3 is 6.09 Å². The molecule has 1 amide bonds. The highest BCUT2D eigenvalue weighted by Gasteiger charge is 2.25. The number of alkyl carbamates (subject to hydrolysis) is 1. The molecule has 0 aromatic heterocycles. The first kappa shape index (κ1) is 17.6. The lowest BCUT2D eigenvalue weighted by Gasteiger charge is -2.27. The molecule has 3 unspecified atom stereocenters. The maximum Gasteiger partial charge on any atom is 0.407 e. The lowest BCUT2D eigenvalue weighted by atomic mass is 10.0. The first-order valence-electron chi connectivity index (χ1n) is 7.52. The monoisotopic (exact) mass is 302 g/mol. The van der Waals surface area contributed by atoms with Gasteiger partial charge in [-0.25, -0.2) is 4.79 Å². The molecule has 0 radical (unpaired) electrons. The SMILES string of the molecule is CC1CC(NCC(NC(=O)OC(C)(C)C)C(C)C)CS1. The maximum atomic E-state index is 11.9. The van der Waals surface area contributed by atoms with E-state index in [9.17, 15) is 4.79 Å². The summed E-state index contributed by atoms with van der Waals surface area (Å²) in [4.78, 5) is 11.9. The van der Waals surface area contributed by atoms with E-state index >= 15 is 0 Å². The Kier molecular flexibility index (Phi) is 6.65. The third-order valence-electron chi connectivity index (χ3n) is 3.33. The minimum absolute atomic E-state index is 0.103. The van der Waals surface area contributed by atoms with Crippen molar-refractivity contribution in [3.05, 3.63) is 0 Å². The molecule has 118 valence electrons. The van der Waals surface area contributed by atoms with Crippen LogP contribution >= 0.6 is 11.8 Å². The van der Waals surface area contributed by atoms with Crippen LogP contribution in [0.5, 0.6) is 0 Å². The number of amides is 1. The number of hydrogen-bond donors (Lipinski definition) is 2. The van der Waals surface area contributed by atoms with E-state index in [0.717, 1.165) is 11.8 Å². The van der Waals surface area contributed by atoms with Crippen LogP contribution in [0.4, 0.5) is 4.79 Å². The summed E-state index contributed by atoms with van der Waals surface area (Å²) in [6.07, 6.45) is 0.884. The highest BCUT2D eigenvalue weighted by molar-refractivity contribution is 8.00. The summed E-state index contributed by atoms with van der Waals surface area (Å²) in [5.41, 5.74) is -0.448. The highest BCUT2D eigenvalue weighted by atomic mass is 32.2. The van der Waals surface area contributed by atoms with Crippen molar-refractivity contribution in [1.29, 1.82) is 0 Å². The van der Waals surface area contributed by atoms with Gasteiger partial charge in [0.15, 0.2) is 0 Å². The molecule has 0 aromatic carbocycles. The van der Waals surface area contributed by atoms with Gasteiger partial charge in [-0.15, -0.1) is 0 Å². The van der Waals surface area contributed by atoms with E-state index in [-0.39, 0.29) is 12.1 Å². The Hall–Kier alpha value is -0.420. The number of carbonyl (C=O) groups excluding carboxylic acids is 1. The first-order valence-corrected chi connectivity index (χ1v) is 8.56. The molecule has 0 spiro atoms. The number of ether oxygens (including phenoxy) is 1. The van der Waals surface area contributed by atoms with Crippen LogP contribution in [0, 0.1) is 5.92 Å². The third-order valence-corrected chi connectivity index (χ3v) is 4.69. The molecule has 5 heteroatoms. The van der Waals surface area contributed by atoms with E-state index in [4.69, 9.17) is 4.74 Å². The summed E-state index contributed by atoms with van der Waals surface area (Å²) in [7, 11) is 0. The summed E-state index contributed by atoms with van der Waals surface area (Å²) in [6.45, 7) is 13.0. The van der Waals surface area contributed by atoms with E-state index in [2.05, 4.69) is 31.4 Å². The Morgan fingerprint density at radius 2 is 2.05 bits per heavy atom. The standard InChI is InChI=1S/C15H30N2O2S/c1-10(2)13(17-14(18)19-15(4,5)6)8-16-12-7-11(3)20-9-12/h10-13,16H,7-9H2,1-6H3,(H,17,18). The van der Waals surface area contributed by atoms with Gasteiger partial charge in [0.2, 0.25) is 0 Å². The predicted octanol–water partition coefficient (Wildman–Crippen LogP) is 3.02. The average Bonchev–Trinajstić information content (AvgIpc) is 2.67. The lowest BCUT2D eigenvalue weighted by molar-refractivity contribution is 0.0489. The molecule has 0 bridgehead atoms. The van der Waals surface area contributed by atoms with Gasteiger partial charge < -0.3 is 15.4 Å².